The van der Waals surface area contributed by atoms with Gasteiger partial charge in [-0.2, -0.15) is 4.98 Å². The van der Waals surface area contributed by atoms with Gasteiger partial charge in [-0.25, -0.2) is 0 Å². The van der Waals surface area contributed by atoms with Gasteiger partial charge in [0.15, 0.2) is 0 Å². The second-order valence-electron chi connectivity index (χ2n) is 4.67. The van der Waals surface area contributed by atoms with Crippen LogP contribution in [0.1, 0.15) is 26.2 Å². The third-order valence-corrected chi connectivity index (χ3v) is 2.97. The molecular weight excluding hydrogens is 232 g/mol. The lowest BCUT2D eigenvalue weighted by atomic mass is 10.2. The van der Waals surface area contributed by atoms with Crippen LogP contribution >= 0.6 is 0 Å². The quantitative estimate of drug-likeness (QED) is 0.727. The van der Waals surface area contributed by atoms with Crippen molar-refractivity contribution in [3.63, 3.8) is 0 Å². The molecule has 1 aliphatic rings. The Hall–Kier alpha value is -1.14. The Morgan fingerprint density at radius 2 is 2.33 bits per heavy atom. The van der Waals surface area contributed by atoms with Crippen LogP contribution in [0, 0.1) is 0 Å². The van der Waals surface area contributed by atoms with Crippen molar-refractivity contribution in [1.82, 2.24) is 20.1 Å². The molecular formula is C12H22N4O2. The molecule has 1 N–H and O–H groups in total. The maximum Gasteiger partial charge on any atom is 0.335 e. The second-order valence-corrected chi connectivity index (χ2v) is 4.67. The van der Waals surface area contributed by atoms with Crippen LogP contribution < -0.4 is 10.1 Å². The van der Waals surface area contributed by atoms with E-state index in [0.29, 0.717) is 18.7 Å². The van der Waals surface area contributed by atoms with Crippen molar-refractivity contribution < 1.29 is 9.47 Å². The molecule has 2 atom stereocenters. The first-order valence-corrected chi connectivity index (χ1v) is 6.62. The Morgan fingerprint density at radius 1 is 1.50 bits per heavy atom. The monoisotopic (exact) mass is 254 g/mol. The van der Waals surface area contributed by atoms with Gasteiger partial charge in [-0.15, -0.1) is 5.10 Å². The number of nitrogens with zero attached hydrogens (tertiary/aromatic N) is 3. The Kier molecular flexibility index (Phi) is 4.95. The van der Waals surface area contributed by atoms with Crippen molar-refractivity contribution in [2.75, 3.05) is 19.7 Å². The Bertz CT molecular complexity index is 356. The summed E-state index contributed by atoms with van der Waals surface area (Å²) in [5.74, 6) is 0. The van der Waals surface area contributed by atoms with E-state index < -0.39 is 0 Å². The van der Waals surface area contributed by atoms with Crippen molar-refractivity contribution in [1.29, 1.82) is 0 Å². The van der Waals surface area contributed by atoms with Gasteiger partial charge in [-0.3, -0.25) is 4.68 Å². The average molecular weight is 254 g/mol. The van der Waals surface area contributed by atoms with Crippen LogP contribution in [-0.4, -0.2) is 46.7 Å². The van der Waals surface area contributed by atoms with E-state index in [1.807, 2.05) is 7.05 Å². The van der Waals surface area contributed by atoms with Gasteiger partial charge in [0.25, 0.3) is 0 Å². The molecule has 0 aliphatic carbocycles. The minimum Gasteiger partial charge on any atom is -0.460 e. The third-order valence-electron chi connectivity index (χ3n) is 2.97. The average Bonchev–Trinajstić information content (AvgIpc) is 2.96. The molecule has 1 saturated heterocycles. The minimum atomic E-state index is 0.169. The summed E-state index contributed by atoms with van der Waals surface area (Å²) >= 11 is 0. The predicted molar refractivity (Wildman–Crippen MR) is 67.6 cm³/mol. The first kappa shape index (κ1) is 13.3. The molecule has 6 nitrogen and oxygen atoms in total. The fourth-order valence-corrected chi connectivity index (χ4v) is 2.05. The van der Waals surface area contributed by atoms with Crippen LogP contribution in [0.3, 0.4) is 0 Å². The molecule has 0 saturated carbocycles. The summed E-state index contributed by atoms with van der Waals surface area (Å²) in [4.78, 5) is 4.02. The molecule has 1 fully saturated rings. The highest BCUT2D eigenvalue weighted by atomic mass is 16.5. The van der Waals surface area contributed by atoms with Gasteiger partial charge in [0.2, 0.25) is 0 Å². The standard InChI is InChI=1S/C12H22N4O2/c1-3-6-13-7-10-4-5-11(18-10)8-17-12-14-9-16(2)15-12/h9-11,13H,3-8H2,1-2H3. The lowest BCUT2D eigenvalue weighted by Crippen LogP contribution is -2.28. The van der Waals surface area contributed by atoms with Gasteiger partial charge in [0.05, 0.1) is 12.2 Å². The van der Waals surface area contributed by atoms with Crippen molar-refractivity contribution in [3.05, 3.63) is 6.33 Å². The van der Waals surface area contributed by atoms with Crippen molar-refractivity contribution in [2.24, 2.45) is 7.05 Å². The predicted octanol–water partition coefficient (Wildman–Crippen LogP) is 0.741. The van der Waals surface area contributed by atoms with E-state index in [0.717, 1.165) is 32.4 Å². The van der Waals surface area contributed by atoms with E-state index >= 15 is 0 Å². The molecule has 102 valence electrons. The zero-order valence-corrected chi connectivity index (χ0v) is 11.1. The highest BCUT2D eigenvalue weighted by Gasteiger charge is 2.25. The molecule has 1 aromatic rings. The first-order chi connectivity index (χ1) is 8.78. The summed E-state index contributed by atoms with van der Waals surface area (Å²) in [5, 5.41) is 7.45. The molecule has 2 heterocycles. The molecule has 0 radical (unpaired) electrons. The Labute approximate surface area is 108 Å². The van der Waals surface area contributed by atoms with Crippen LogP contribution in [0.5, 0.6) is 6.01 Å². The van der Waals surface area contributed by atoms with Crippen LogP contribution in [-0.2, 0) is 11.8 Å². The van der Waals surface area contributed by atoms with Crippen molar-refractivity contribution >= 4 is 0 Å². The van der Waals surface area contributed by atoms with E-state index in [9.17, 15) is 0 Å². The fraction of sp³-hybridized carbons (Fsp3) is 0.833. The van der Waals surface area contributed by atoms with Crippen LogP contribution in [0.4, 0.5) is 0 Å². The maximum absolute atomic E-state index is 5.89. The molecule has 0 aromatic carbocycles. The molecule has 1 aliphatic heterocycles. The van der Waals surface area contributed by atoms with Gasteiger partial charge in [-0.1, -0.05) is 6.92 Å². The van der Waals surface area contributed by atoms with E-state index in [2.05, 4.69) is 22.3 Å². The topological polar surface area (TPSA) is 61.2 Å². The molecule has 0 spiro atoms. The zero-order chi connectivity index (χ0) is 12.8. The Morgan fingerprint density at radius 3 is 3.06 bits per heavy atom. The summed E-state index contributed by atoms with van der Waals surface area (Å²) in [5.41, 5.74) is 0. The molecule has 1 aromatic heterocycles. The lowest BCUT2D eigenvalue weighted by molar-refractivity contribution is 0.0166. The van der Waals surface area contributed by atoms with Gasteiger partial charge >= 0.3 is 6.01 Å². The number of hydrogen-bond donors (Lipinski definition) is 1. The number of hydrogen-bond acceptors (Lipinski definition) is 5. The second kappa shape index (κ2) is 6.70. The van der Waals surface area contributed by atoms with Crippen LogP contribution in [0.15, 0.2) is 6.33 Å². The summed E-state index contributed by atoms with van der Waals surface area (Å²) in [7, 11) is 1.82. The van der Waals surface area contributed by atoms with E-state index in [-0.39, 0.29) is 6.10 Å². The number of rotatable bonds is 7. The summed E-state index contributed by atoms with van der Waals surface area (Å²) in [6.45, 7) is 4.69. The highest BCUT2D eigenvalue weighted by Crippen LogP contribution is 2.19. The van der Waals surface area contributed by atoms with Gasteiger partial charge in [-0.05, 0) is 25.8 Å². The molecule has 2 unspecified atom stereocenters. The summed E-state index contributed by atoms with van der Waals surface area (Å²) in [6, 6.07) is 0.425. The van der Waals surface area contributed by atoms with E-state index in [4.69, 9.17) is 9.47 Å². The number of nitrogens with one attached hydrogen (secondary N) is 1. The van der Waals surface area contributed by atoms with E-state index in [1.54, 1.807) is 11.0 Å². The smallest absolute Gasteiger partial charge is 0.335 e. The van der Waals surface area contributed by atoms with Gasteiger partial charge in [0, 0.05) is 13.6 Å². The number of aryl methyl sites for hydroxylation is 1. The molecule has 2 rings (SSSR count). The molecule has 0 amide bonds. The Balaban J connectivity index is 1.63. The largest absolute Gasteiger partial charge is 0.460 e. The van der Waals surface area contributed by atoms with E-state index in [1.165, 1.54) is 0 Å². The SMILES string of the molecule is CCCNCC1CCC(COc2ncn(C)n2)O1. The molecule has 18 heavy (non-hydrogen) atoms. The maximum atomic E-state index is 5.89. The van der Waals surface area contributed by atoms with Crippen molar-refractivity contribution in [2.45, 2.75) is 38.4 Å². The molecule has 0 bridgehead atoms. The first-order valence-electron chi connectivity index (χ1n) is 6.62. The summed E-state index contributed by atoms with van der Waals surface area (Å²) < 4.78 is 13.0. The normalized spacial score (nSPS) is 23.4. The van der Waals surface area contributed by atoms with Crippen LogP contribution in [0.25, 0.3) is 0 Å². The van der Waals surface area contributed by atoms with Crippen molar-refractivity contribution in [3.8, 4) is 6.01 Å². The zero-order valence-electron chi connectivity index (χ0n) is 11.1. The van der Waals surface area contributed by atoms with Gasteiger partial charge in [0.1, 0.15) is 12.9 Å². The number of aromatic nitrogens is 3. The molecule has 6 heteroatoms. The fourth-order valence-electron chi connectivity index (χ4n) is 2.05. The lowest BCUT2D eigenvalue weighted by Gasteiger charge is -2.13. The van der Waals surface area contributed by atoms with Gasteiger partial charge < -0.3 is 14.8 Å². The highest BCUT2D eigenvalue weighted by molar-refractivity contribution is 4.88. The summed E-state index contributed by atoms with van der Waals surface area (Å²) in [6.07, 6.45) is 5.42. The third kappa shape index (κ3) is 3.96. The van der Waals surface area contributed by atoms with Crippen LogP contribution in [0.2, 0.25) is 0 Å². The minimum absolute atomic E-state index is 0.169. The number of ether oxygens (including phenoxy) is 2.